The molecule has 34 heavy (non-hydrogen) atoms. The molecule has 0 bridgehead atoms. The Kier molecular flexibility index (Phi) is 6.78. The third-order valence-electron chi connectivity index (χ3n) is 5.81. The van der Waals surface area contributed by atoms with Gasteiger partial charge in [-0.05, 0) is 75.6 Å². The van der Waals surface area contributed by atoms with Crippen LogP contribution >= 0.6 is 0 Å². The largest absolute Gasteiger partial charge is 0.497 e. The third-order valence-corrected chi connectivity index (χ3v) is 7.22. The van der Waals surface area contributed by atoms with E-state index in [1.807, 2.05) is 0 Å². The van der Waals surface area contributed by atoms with Crippen molar-refractivity contribution in [2.45, 2.75) is 38.0 Å². The quantitative estimate of drug-likeness (QED) is 0.513. The Balaban J connectivity index is 1.69. The number of aryl methyl sites for hydroxylation is 2. The Hall–Kier alpha value is -3.53. The fourth-order valence-corrected chi connectivity index (χ4v) is 5.38. The number of nitrogens with zero attached hydrogens (tertiary/aromatic N) is 2. The van der Waals surface area contributed by atoms with Crippen LogP contribution in [-0.2, 0) is 10.0 Å². The maximum Gasteiger partial charge on any atom is 0.264 e. The summed E-state index contributed by atoms with van der Waals surface area (Å²) in [6.07, 6.45) is 3.11. The minimum absolute atomic E-state index is 0.0989. The van der Waals surface area contributed by atoms with Gasteiger partial charge in [-0.25, -0.2) is 8.42 Å². The van der Waals surface area contributed by atoms with E-state index >= 15 is 0 Å². The highest BCUT2D eigenvalue weighted by Crippen LogP contribution is 2.32. The summed E-state index contributed by atoms with van der Waals surface area (Å²) < 4.78 is 39.8. The van der Waals surface area contributed by atoms with Crippen molar-refractivity contribution in [3.63, 3.8) is 0 Å². The second kappa shape index (κ2) is 9.76. The van der Waals surface area contributed by atoms with Gasteiger partial charge < -0.3 is 19.5 Å². The van der Waals surface area contributed by atoms with Crippen molar-refractivity contribution >= 4 is 33.0 Å². The predicted octanol–water partition coefficient (Wildman–Crippen LogP) is 4.34. The normalized spacial score (nSPS) is 14.0. The topological polar surface area (TPSA) is 114 Å². The van der Waals surface area contributed by atoms with Crippen LogP contribution in [0, 0.1) is 13.8 Å². The summed E-state index contributed by atoms with van der Waals surface area (Å²) >= 11 is 0. The van der Waals surface area contributed by atoms with Crippen molar-refractivity contribution in [3.05, 3.63) is 59.5 Å². The summed E-state index contributed by atoms with van der Waals surface area (Å²) in [4.78, 5) is 15.0. The minimum Gasteiger partial charge on any atom is -0.497 e. The Morgan fingerprint density at radius 3 is 2.32 bits per heavy atom. The Morgan fingerprint density at radius 1 is 1.03 bits per heavy atom. The Bertz CT molecular complexity index is 1260. The van der Waals surface area contributed by atoms with Crippen LogP contribution in [0.3, 0.4) is 0 Å². The lowest BCUT2D eigenvalue weighted by Gasteiger charge is -2.30. The first kappa shape index (κ1) is 23.6. The van der Waals surface area contributed by atoms with Crippen LogP contribution in [-0.4, -0.2) is 39.7 Å². The second-order valence-corrected chi connectivity index (χ2v) is 9.87. The smallest absolute Gasteiger partial charge is 0.264 e. The molecule has 180 valence electrons. The minimum atomic E-state index is -3.96. The summed E-state index contributed by atoms with van der Waals surface area (Å²) in [5, 5.41) is 6.59. The molecular weight excluding hydrogens is 456 g/mol. The summed E-state index contributed by atoms with van der Waals surface area (Å²) in [6, 6.07) is 11.6. The van der Waals surface area contributed by atoms with Gasteiger partial charge in [0.2, 0.25) is 0 Å². The van der Waals surface area contributed by atoms with Gasteiger partial charge in [0.05, 0.1) is 18.5 Å². The molecule has 1 aliphatic heterocycles. The molecule has 1 saturated heterocycles. The zero-order valence-corrected chi connectivity index (χ0v) is 20.2. The molecule has 0 radical (unpaired) electrons. The number of methoxy groups -OCH3 is 1. The highest BCUT2D eigenvalue weighted by molar-refractivity contribution is 7.92. The van der Waals surface area contributed by atoms with E-state index in [1.54, 1.807) is 57.4 Å². The van der Waals surface area contributed by atoms with Gasteiger partial charge in [-0.3, -0.25) is 9.52 Å². The van der Waals surface area contributed by atoms with Gasteiger partial charge in [-0.2, -0.15) is 0 Å². The van der Waals surface area contributed by atoms with Crippen molar-refractivity contribution in [2.75, 3.05) is 35.1 Å². The van der Waals surface area contributed by atoms with Crippen LogP contribution in [0.5, 0.6) is 5.75 Å². The van der Waals surface area contributed by atoms with E-state index in [0.717, 1.165) is 32.4 Å². The second-order valence-electron chi connectivity index (χ2n) is 8.22. The third kappa shape index (κ3) is 5.01. The molecule has 1 amide bonds. The summed E-state index contributed by atoms with van der Waals surface area (Å²) in [6.45, 7) is 4.88. The molecule has 1 fully saturated rings. The first-order valence-corrected chi connectivity index (χ1v) is 12.6. The maximum absolute atomic E-state index is 13.5. The number of amides is 1. The van der Waals surface area contributed by atoms with Crippen LogP contribution in [0.15, 0.2) is 51.9 Å². The number of carbonyl (C=O) groups is 1. The number of rotatable bonds is 7. The number of sulfonamides is 1. The molecule has 2 N–H and O–H groups in total. The van der Waals surface area contributed by atoms with Crippen LogP contribution in [0.1, 0.15) is 41.1 Å². The zero-order valence-electron chi connectivity index (χ0n) is 19.4. The van der Waals surface area contributed by atoms with E-state index < -0.39 is 15.9 Å². The fraction of sp³-hybridized carbons (Fsp3) is 0.333. The van der Waals surface area contributed by atoms with Gasteiger partial charge in [0.15, 0.2) is 0 Å². The lowest BCUT2D eigenvalue weighted by molar-refractivity contribution is 0.102. The molecule has 2 heterocycles. The lowest BCUT2D eigenvalue weighted by Crippen LogP contribution is -2.31. The van der Waals surface area contributed by atoms with E-state index in [2.05, 4.69) is 20.1 Å². The molecule has 9 nitrogen and oxygen atoms in total. The highest BCUT2D eigenvalue weighted by atomic mass is 32.2. The first-order valence-electron chi connectivity index (χ1n) is 11.1. The monoisotopic (exact) mass is 484 g/mol. The number of carbonyl (C=O) groups excluding carboxylic acids is 1. The number of hydrogen-bond donors (Lipinski definition) is 2. The van der Waals surface area contributed by atoms with Crippen molar-refractivity contribution < 1.29 is 22.5 Å². The molecular formula is C24H28N4O5S. The molecule has 3 aromatic rings. The van der Waals surface area contributed by atoms with Gasteiger partial charge in [0.1, 0.15) is 22.0 Å². The molecule has 0 aliphatic carbocycles. The Morgan fingerprint density at radius 2 is 1.71 bits per heavy atom. The number of nitrogens with one attached hydrogen (secondary N) is 2. The lowest BCUT2D eigenvalue weighted by atomic mass is 10.1. The van der Waals surface area contributed by atoms with E-state index in [-0.39, 0.29) is 4.90 Å². The van der Waals surface area contributed by atoms with Gasteiger partial charge in [0, 0.05) is 24.5 Å². The SMILES string of the molecule is COc1ccc(NS(=O)(=O)c2cc(NC(=O)c3c(C)noc3C)ccc2N2CCCCC2)cc1. The highest BCUT2D eigenvalue weighted by Gasteiger charge is 2.25. The summed E-state index contributed by atoms with van der Waals surface area (Å²) in [7, 11) is -2.41. The standard InChI is InChI=1S/C24H28N4O5S/c1-16-23(17(2)33-26-16)24(29)25-19-9-12-21(28-13-5-4-6-14-28)22(15-19)34(30,31)27-18-7-10-20(32-3)11-8-18/h7-12,15,27H,4-6,13-14H2,1-3H3,(H,25,29). The molecule has 0 saturated carbocycles. The average Bonchev–Trinajstić information content (AvgIpc) is 3.17. The summed E-state index contributed by atoms with van der Waals surface area (Å²) in [5.74, 6) is 0.614. The molecule has 4 rings (SSSR count). The van der Waals surface area contributed by atoms with E-state index in [4.69, 9.17) is 9.26 Å². The molecule has 1 aromatic heterocycles. The number of hydrogen-bond acceptors (Lipinski definition) is 7. The van der Waals surface area contributed by atoms with Crippen LogP contribution < -0.4 is 19.7 Å². The van der Waals surface area contributed by atoms with E-state index in [1.165, 1.54) is 6.07 Å². The maximum atomic E-state index is 13.5. The van der Waals surface area contributed by atoms with Crippen molar-refractivity contribution in [1.29, 1.82) is 0 Å². The van der Waals surface area contributed by atoms with Crippen LogP contribution in [0.2, 0.25) is 0 Å². The molecule has 0 spiro atoms. The molecule has 10 heteroatoms. The average molecular weight is 485 g/mol. The number of ether oxygens (including phenoxy) is 1. The molecule has 0 unspecified atom stereocenters. The molecule has 2 aromatic carbocycles. The van der Waals surface area contributed by atoms with Crippen molar-refractivity contribution in [1.82, 2.24) is 5.16 Å². The van der Waals surface area contributed by atoms with Crippen LogP contribution in [0.25, 0.3) is 0 Å². The van der Waals surface area contributed by atoms with Gasteiger partial charge in [-0.1, -0.05) is 5.16 Å². The predicted molar refractivity (Wildman–Crippen MR) is 130 cm³/mol. The molecule has 1 aliphatic rings. The number of anilines is 3. The summed E-state index contributed by atoms with van der Waals surface area (Å²) in [5.41, 5.74) is 2.18. The van der Waals surface area contributed by atoms with Crippen LogP contribution in [0.4, 0.5) is 17.1 Å². The first-order chi connectivity index (χ1) is 16.3. The van der Waals surface area contributed by atoms with Crippen molar-refractivity contribution in [2.24, 2.45) is 0 Å². The number of aromatic nitrogens is 1. The van der Waals surface area contributed by atoms with Gasteiger partial charge in [-0.15, -0.1) is 0 Å². The molecule has 0 atom stereocenters. The van der Waals surface area contributed by atoms with Crippen molar-refractivity contribution in [3.8, 4) is 5.75 Å². The zero-order chi connectivity index (χ0) is 24.3. The van der Waals surface area contributed by atoms with Gasteiger partial charge in [0.25, 0.3) is 15.9 Å². The Labute approximate surface area is 199 Å². The van der Waals surface area contributed by atoms with E-state index in [0.29, 0.717) is 39.8 Å². The number of benzene rings is 2. The fourth-order valence-electron chi connectivity index (χ4n) is 4.07. The number of piperidine rings is 1. The van der Waals surface area contributed by atoms with Gasteiger partial charge >= 0.3 is 0 Å². The van der Waals surface area contributed by atoms with E-state index in [9.17, 15) is 13.2 Å².